The molecule has 2 heteroatoms. The highest BCUT2D eigenvalue weighted by Crippen LogP contribution is 2.70. The van der Waals surface area contributed by atoms with Crippen LogP contribution in [0.4, 0.5) is 0 Å². The minimum atomic E-state index is 0.223. The van der Waals surface area contributed by atoms with E-state index in [9.17, 15) is 0 Å². The predicted octanol–water partition coefficient (Wildman–Crippen LogP) is 4.52. The van der Waals surface area contributed by atoms with Gasteiger partial charge in [0.2, 0.25) is 0 Å². The Balaban J connectivity index is 1.47. The first-order valence-electron chi connectivity index (χ1n) is 8.90. The fourth-order valence-electron chi connectivity index (χ4n) is 5.75. The molecule has 1 heterocycles. The van der Waals surface area contributed by atoms with E-state index >= 15 is 0 Å². The quantitative estimate of drug-likeness (QED) is 0.885. The van der Waals surface area contributed by atoms with E-state index in [0.717, 1.165) is 11.8 Å². The number of benzene rings is 1. The third kappa shape index (κ3) is 1.86. The first kappa shape index (κ1) is 14.7. The van der Waals surface area contributed by atoms with E-state index in [1.165, 1.54) is 24.8 Å². The van der Waals surface area contributed by atoms with Crippen LogP contribution >= 0.6 is 0 Å². The van der Waals surface area contributed by atoms with E-state index in [4.69, 9.17) is 4.74 Å². The second-order valence-corrected chi connectivity index (χ2v) is 8.53. The molecule has 1 N–H and O–H groups in total. The van der Waals surface area contributed by atoms with Gasteiger partial charge in [0, 0.05) is 6.04 Å². The van der Waals surface area contributed by atoms with Gasteiger partial charge >= 0.3 is 0 Å². The van der Waals surface area contributed by atoms with Crippen LogP contribution < -0.4 is 5.32 Å². The van der Waals surface area contributed by atoms with Crippen molar-refractivity contribution in [1.29, 1.82) is 0 Å². The summed E-state index contributed by atoms with van der Waals surface area (Å²) in [5, 5.41) is 3.71. The van der Waals surface area contributed by atoms with Gasteiger partial charge in [-0.3, -0.25) is 5.32 Å². The van der Waals surface area contributed by atoms with Crippen LogP contribution in [-0.2, 0) is 4.74 Å². The van der Waals surface area contributed by atoms with Crippen molar-refractivity contribution >= 4 is 0 Å². The van der Waals surface area contributed by atoms with Crippen molar-refractivity contribution in [3.63, 3.8) is 0 Å². The molecule has 3 aliphatic rings. The molecule has 3 fully saturated rings. The number of hydrogen-bond donors (Lipinski definition) is 1. The topological polar surface area (TPSA) is 21.3 Å². The maximum Gasteiger partial charge on any atom is 0.109 e. The van der Waals surface area contributed by atoms with Gasteiger partial charge < -0.3 is 4.74 Å². The highest BCUT2D eigenvalue weighted by Gasteiger charge is 2.68. The largest absolute Gasteiger partial charge is 0.359 e. The van der Waals surface area contributed by atoms with Crippen molar-refractivity contribution in [2.45, 2.75) is 65.3 Å². The summed E-state index contributed by atoms with van der Waals surface area (Å²) in [7, 11) is 0. The van der Waals surface area contributed by atoms with Gasteiger partial charge in [-0.15, -0.1) is 0 Å². The van der Waals surface area contributed by atoms with Crippen LogP contribution in [0.25, 0.3) is 0 Å². The van der Waals surface area contributed by atoms with Crippen molar-refractivity contribution in [3.8, 4) is 0 Å². The molecular formula is C20H29NO. The Kier molecular flexibility index (Phi) is 3.22. The molecule has 0 aromatic heterocycles. The second kappa shape index (κ2) is 4.82. The van der Waals surface area contributed by atoms with Crippen molar-refractivity contribution in [3.05, 3.63) is 35.9 Å². The van der Waals surface area contributed by atoms with Gasteiger partial charge in [0.25, 0.3) is 0 Å². The number of hydrogen-bond acceptors (Lipinski definition) is 2. The fourth-order valence-corrected chi connectivity index (χ4v) is 5.75. The molecule has 4 rings (SSSR count). The summed E-state index contributed by atoms with van der Waals surface area (Å²) in [6, 6.07) is 11.0. The predicted molar refractivity (Wildman–Crippen MR) is 89.4 cm³/mol. The molecule has 2 bridgehead atoms. The lowest BCUT2D eigenvalue weighted by Crippen LogP contribution is -2.40. The van der Waals surface area contributed by atoms with Gasteiger partial charge in [0.05, 0.1) is 6.10 Å². The molecule has 2 saturated carbocycles. The molecule has 2 nitrogen and oxygen atoms in total. The van der Waals surface area contributed by atoms with Crippen LogP contribution in [0.2, 0.25) is 0 Å². The van der Waals surface area contributed by atoms with E-state index in [1.807, 2.05) is 0 Å². The number of nitrogens with one attached hydrogen (secondary N) is 1. The maximum absolute atomic E-state index is 6.54. The molecule has 1 saturated heterocycles. The van der Waals surface area contributed by atoms with E-state index in [-0.39, 0.29) is 6.23 Å². The Labute approximate surface area is 134 Å². The van der Waals surface area contributed by atoms with Crippen LogP contribution in [0.3, 0.4) is 0 Å². The lowest BCUT2D eigenvalue weighted by molar-refractivity contribution is -0.0666. The molecule has 120 valence electrons. The van der Waals surface area contributed by atoms with Gasteiger partial charge in [-0.05, 0) is 54.4 Å². The second-order valence-electron chi connectivity index (χ2n) is 8.53. The number of ether oxygens (including phenoxy) is 1. The van der Waals surface area contributed by atoms with E-state index < -0.39 is 0 Å². The Morgan fingerprint density at radius 2 is 1.91 bits per heavy atom. The summed E-state index contributed by atoms with van der Waals surface area (Å²) >= 11 is 0. The minimum absolute atomic E-state index is 0.223. The smallest absolute Gasteiger partial charge is 0.109 e. The fraction of sp³-hybridized carbons (Fsp3) is 0.700. The molecule has 22 heavy (non-hydrogen) atoms. The Hall–Kier alpha value is -0.860. The maximum atomic E-state index is 6.54. The van der Waals surface area contributed by atoms with Crippen LogP contribution in [0.1, 0.15) is 58.6 Å². The van der Waals surface area contributed by atoms with Gasteiger partial charge in [0.15, 0.2) is 0 Å². The summed E-state index contributed by atoms with van der Waals surface area (Å²) in [5.74, 6) is 1.61. The van der Waals surface area contributed by atoms with Crippen molar-refractivity contribution < 1.29 is 4.74 Å². The Bertz CT molecular complexity index is 554. The van der Waals surface area contributed by atoms with E-state index in [0.29, 0.717) is 23.0 Å². The lowest BCUT2D eigenvalue weighted by Gasteiger charge is -2.39. The summed E-state index contributed by atoms with van der Waals surface area (Å²) < 4.78 is 6.54. The molecule has 0 amide bonds. The third-order valence-electron chi connectivity index (χ3n) is 7.44. The average Bonchev–Trinajstić information content (AvgIpc) is 3.05. The van der Waals surface area contributed by atoms with Crippen molar-refractivity contribution in [2.75, 3.05) is 0 Å². The molecule has 1 aromatic carbocycles. The normalized spacial score (nSPS) is 43.3. The van der Waals surface area contributed by atoms with Gasteiger partial charge in [0.1, 0.15) is 6.23 Å². The zero-order chi connectivity index (χ0) is 15.5. The monoisotopic (exact) mass is 299 g/mol. The molecular weight excluding hydrogens is 270 g/mol. The first-order valence-corrected chi connectivity index (χ1v) is 8.90. The number of rotatable bonds is 3. The first-order chi connectivity index (χ1) is 10.4. The van der Waals surface area contributed by atoms with Crippen LogP contribution in [-0.4, -0.2) is 12.3 Å². The standard InChI is InChI=1S/C20H29NO/c1-13(14-8-6-5-7-9-14)21-17-12-15-16-10-11-20(4,18(15)22-17)19(16,2)3/h5-9,13,15-18,21H,10-12H2,1-4H3/t13-,15+,16+,17-,18+,20-/m0/s1. The van der Waals surface area contributed by atoms with Gasteiger partial charge in [-0.25, -0.2) is 0 Å². The lowest BCUT2D eigenvalue weighted by atomic mass is 9.70. The van der Waals surface area contributed by atoms with Gasteiger partial charge in [-0.1, -0.05) is 51.1 Å². The SMILES string of the molecule is C[C@H](N[C@@H]1C[C@@H]2[C@H]3CC[C@@](C)([C@@H]2O1)C3(C)C)c1ccccc1. The van der Waals surface area contributed by atoms with E-state index in [2.05, 4.69) is 63.3 Å². The van der Waals surface area contributed by atoms with Crippen LogP contribution in [0, 0.1) is 22.7 Å². The molecule has 6 atom stereocenters. The molecule has 0 unspecified atom stereocenters. The highest BCUT2D eigenvalue weighted by atomic mass is 16.5. The molecule has 1 aromatic rings. The van der Waals surface area contributed by atoms with Crippen molar-refractivity contribution in [2.24, 2.45) is 22.7 Å². The molecule has 0 radical (unpaired) electrons. The van der Waals surface area contributed by atoms with Gasteiger partial charge in [-0.2, -0.15) is 0 Å². The van der Waals surface area contributed by atoms with Crippen LogP contribution in [0.5, 0.6) is 0 Å². The zero-order valence-corrected chi connectivity index (χ0v) is 14.3. The summed E-state index contributed by atoms with van der Waals surface area (Å²) in [4.78, 5) is 0. The molecule has 0 spiro atoms. The number of fused-ring (bicyclic) bond motifs is 5. The molecule has 1 aliphatic heterocycles. The van der Waals surface area contributed by atoms with Crippen molar-refractivity contribution in [1.82, 2.24) is 5.32 Å². The van der Waals surface area contributed by atoms with E-state index in [1.54, 1.807) is 0 Å². The average molecular weight is 299 g/mol. The summed E-state index contributed by atoms with van der Waals surface area (Å²) in [6.07, 6.45) is 4.61. The zero-order valence-electron chi connectivity index (χ0n) is 14.3. The van der Waals surface area contributed by atoms with Crippen LogP contribution in [0.15, 0.2) is 30.3 Å². The third-order valence-corrected chi connectivity index (χ3v) is 7.44. The Morgan fingerprint density at radius 1 is 1.18 bits per heavy atom. The Morgan fingerprint density at radius 3 is 2.59 bits per heavy atom. The molecule has 2 aliphatic carbocycles. The summed E-state index contributed by atoms with van der Waals surface area (Å²) in [6.45, 7) is 9.66. The minimum Gasteiger partial charge on any atom is -0.359 e. The highest BCUT2D eigenvalue weighted by molar-refractivity contribution is 5.19. The summed E-state index contributed by atoms with van der Waals surface area (Å²) in [5.41, 5.74) is 2.16.